The number of fused-ring (bicyclic) bond motifs is 1. The molecular formula is C20H13F5N3O+. The van der Waals surface area contributed by atoms with E-state index in [1.54, 1.807) is 6.92 Å². The summed E-state index contributed by atoms with van der Waals surface area (Å²) in [6, 6.07) is 6.86. The highest BCUT2D eigenvalue weighted by atomic mass is 19.4. The van der Waals surface area contributed by atoms with Crippen LogP contribution < -0.4 is 4.59 Å². The first-order valence-electron chi connectivity index (χ1n) is 8.63. The summed E-state index contributed by atoms with van der Waals surface area (Å²) in [5.74, 6) is -2.44. The van der Waals surface area contributed by atoms with Gasteiger partial charge >= 0.3 is 12.0 Å². The first kappa shape index (κ1) is 19.1. The Hall–Kier alpha value is -3.20. The van der Waals surface area contributed by atoms with Gasteiger partial charge in [-0.3, -0.25) is 4.79 Å². The SMILES string of the molecule is CCC1=CN=C2C(=O)C(c3ccc(C(F)(F)F)cc3)=N[N+]12c1ccc(F)cc1F. The second-order valence-corrected chi connectivity index (χ2v) is 6.51. The lowest BCUT2D eigenvalue weighted by atomic mass is 10.0. The number of ketones is 1. The molecule has 0 aromatic heterocycles. The largest absolute Gasteiger partial charge is 0.416 e. The second-order valence-electron chi connectivity index (χ2n) is 6.51. The minimum absolute atomic E-state index is 0.0917. The first-order valence-corrected chi connectivity index (χ1v) is 8.63. The number of nitrogens with zero attached hydrogens (tertiary/aromatic N) is 3. The van der Waals surface area contributed by atoms with Crippen molar-refractivity contribution in [2.24, 2.45) is 10.1 Å². The van der Waals surface area contributed by atoms with Crippen molar-refractivity contribution >= 4 is 23.0 Å². The van der Waals surface area contributed by atoms with E-state index in [2.05, 4.69) is 10.1 Å². The number of hydrogen-bond donors (Lipinski definition) is 0. The van der Waals surface area contributed by atoms with Crippen LogP contribution in [-0.2, 0) is 11.0 Å². The zero-order chi connectivity index (χ0) is 21.0. The number of carbonyl (C=O) groups is 1. The fraction of sp³-hybridized carbons (Fsp3) is 0.150. The Morgan fingerprint density at radius 2 is 1.72 bits per heavy atom. The maximum atomic E-state index is 14.6. The van der Waals surface area contributed by atoms with Gasteiger partial charge in [0, 0.05) is 24.1 Å². The smallest absolute Gasteiger partial charge is 0.278 e. The van der Waals surface area contributed by atoms with Crippen molar-refractivity contribution in [2.75, 3.05) is 0 Å². The maximum Gasteiger partial charge on any atom is 0.416 e. The molecule has 0 spiro atoms. The highest BCUT2D eigenvalue weighted by Crippen LogP contribution is 2.42. The number of hydrogen-bond acceptors (Lipinski definition) is 3. The molecule has 4 rings (SSSR count). The molecule has 0 saturated heterocycles. The summed E-state index contributed by atoms with van der Waals surface area (Å²) in [5.41, 5.74) is -0.477. The van der Waals surface area contributed by atoms with E-state index in [0.717, 1.165) is 30.3 Å². The molecule has 148 valence electrons. The number of rotatable bonds is 3. The number of benzene rings is 2. The molecular weight excluding hydrogens is 393 g/mol. The van der Waals surface area contributed by atoms with Crippen molar-refractivity contribution in [3.63, 3.8) is 0 Å². The molecule has 2 aromatic rings. The van der Waals surface area contributed by atoms with Crippen molar-refractivity contribution in [3.05, 3.63) is 77.1 Å². The highest BCUT2D eigenvalue weighted by molar-refractivity contribution is 6.73. The number of amidine groups is 1. The summed E-state index contributed by atoms with van der Waals surface area (Å²) in [6.45, 7) is 1.77. The quantitative estimate of drug-likeness (QED) is 0.526. The van der Waals surface area contributed by atoms with Crippen LogP contribution in [0.1, 0.15) is 24.5 Å². The van der Waals surface area contributed by atoms with E-state index in [9.17, 15) is 26.7 Å². The van der Waals surface area contributed by atoms with Gasteiger partial charge in [-0.1, -0.05) is 28.7 Å². The Bertz CT molecular complexity index is 1120. The molecule has 4 nitrogen and oxygen atoms in total. The third-order valence-electron chi connectivity index (χ3n) is 4.83. The number of Topliss-reactive ketones (excluding diaryl/α,β-unsaturated/α-hetero) is 1. The van der Waals surface area contributed by atoms with Gasteiger partial charge in [-0.05, 0) is 18.2 Å². The molecule has 1 atom stereocenters. The second kappa shape index (κ2) is 6.41. The molecule has 0 bridgehead atoms. The molecule has 2 aliphatic heterocycles. The molecule has 0 fully saturated rings. The van der Waals surface area contributed by atoms with E-state index in [4.69, 9.17) is 0 Å². The molecule has 9 heteroatoms. The first-order chi connectivity index (χ1) is 13.7. The Kier molecular flexibility index (Phi) is 4.23. The van der Waals surface area contributed by atoms with Gasteiger partial charge < -0.3 is 0 Å². The number of alkyl halides is 3. The Balaban J connectivity index is 1.89. The van der Waals surface area contributed by atoms with Gasteiger partial charge in [-0.25, -0.2) is 8.78 Å². The fourth-order valence-corrected chi connectivity index (χ4v) is 3.45. The van der Waals surface area contributed by atoms with Crippen LogP contribution in [0.2, 0.25) is 0 Å². The van der Waals surface area contributed by atoms with Gasteiger partial charge in [-0.2, -0.15) is 18.2 Å². The van der Waals surface area contributed by atoms with E-state index < -0.39 is 33.7 Å². The zero-order valence-corrected chi connectivity index (χ0v) is 15.0. The Morgan fingerprint density at radius 1 is 1.03 bits per heavy atom. The van der Waals surface area contributed by atoms with Gasteiger partial charge in [0.1, 0.15) is 5.82 Å². The van der Waals surface area contributed by atoms with Crippen LogP contribution in [0.15, 0.2) is 64.5 Å². The van der Waals surface area contributed by atoms with E-state index >= 15 is 0 Å². The molecule has 2 heterocycles. The number of carbonyl (C=O) groups excluding carboxylic acids is 1. The zero-order valence-electron chi connectivity index (χ0n) is 15.0. The van der Waals surface area contributed by atoms with Gasteiger partial charge in [0.2, 0.25) is 5.69 Å². The molecule has 0 amide bonds. The van der Waals surface area contributed by atoms with Crippen LogP contribution in [0.4, 0.5) is 27.6 Å². The van der Waals surface area contributed by atoms with Crippen molar-refractivity contribution in [2.45, 2.75) is 19.5 Å². The summed E-state index contributed by atoms with van der Waals surface area (Å²) in [5, 5.41) is 4.40. The molecule has 29 heavy (non-hydrogen) atoms. The summed E-state index contributed by atoms with van der Waals surface area (Å²) in [7, 11) is 0. The van der Waals surface area contributed by atoms with Gasteiger partial charge in [0.05, 0.1) is 11.8 Å². The minimum Gasteiger partial charge on any atom is -0.278 e. The highest BCUT2D eigenvalue weighted by Gasteiger charge is 2.57. The number of halogens is 5. The van der Waals surface area contributed by atoms with Gasteiger partial charge in [0.15, 0.2) is 17.2 Å². The summed E-state index contributed by atoms with van der Waals surface area (Å²) < 4.78 is 65.8. The van der Waals surface area contributed by atoms with Crippen molar-refractivity contribution in [1.29, 1.82) is 0 Å². The molecule has 2 aliphatic rings. The topological polar surface area (TPSA) is 41.8 Å². The molecule has 0 N–H and O–H groups in total. The monoisotopic (exact) mass is 406 g/mol. The average Bonchev–Trinajstić information content (AvgIpc) is 3.16. The fourth-order valence-electron chi connectivity index (χ4n) is 3.45. The summed E-state index contributed by atoms with van der Waals surface area (Å²) in [4.78, 5) is 17.1. The average molecular weight is 406 g/mol. The molecule has 0 saturated carbocycles. The van der Waals surface area contributed by atoms with E-state index in [1.165, 1.54) is 12.3 Å². The predicted octanol–water partition coefficient (Wildman–Crippen LogP) is 4.94. The Labute approximate surface area is 161 Å². The van der Waals surface area contributed by atoms with Crippen LogP contribution in [0.5, 0.6) is 0 Å². The lowest BCUT2D eigenvalue weighted by Gasteiger charge is -2.25. The lowest BCUT2D eigenvalue weighted by molar-refractivity contribution is -0.137. The maximum absolute atomic E-state index is 14.6. The predicted molar refractivity (Wildman–Crippen MR) is 96.9 cm³/mol. The normalized spacial score (nSPS) is 21.0. The molecule has 1 unspecified atom stereocenters. The Morgan fingerprint density at radius 3 is 2.31 bits per heavy atom. The van der Waals surface area contributed by atoms with E-state index in [1.807, 2.05) is 0 Å². The summed E-state index contributed by atoms with van der Waals surface area (Å²) in [6.07, 6.45) is -2.75. The molecule has 0 radical (unpaired) electrons. The van der Waals surface area contributed by atoms with Crippen LogP contribution in [0.25, 0.3) is 0 Å². The van der Waals surface area contributed by atoms with Crippen molar-refractivity contribution in [3.8, 4) is 0 Å². The van der Waals surface area contributed by atoms with Crippen molar-refractivity contribution < 1.29 is 26.7 Å². The van der Waals surface area contributed by atoms with E-state index in [0.29, 0.717) is 18.2 Å². The third kappa shape index (κ3) is 2.80. The lowest BCUT2D eigenvalue weighted by Crippen LogP contribution is -2.46. The third-order valence-corrected chi connectivity index (χ3v) is 4.83. The molecule has 0 aliphatic carbocycles. The van der Waals surface area contributed by atoms with E-state index in [-0.39, 0.29) is 22.8 Å². The van der Waals surface area contributed by atoms with Gasteiger partial charge in [0.25, 0.3) is 5.78 Å². The van der Waals surface area contributed by atoms with Crippen LogP contribution in [0.3, 0.4) is 0 Å². The van der Waals surface area contributed by atoms with Crippen LogP contribution in [0, 0.1) is 11.6 Å². The minimum atomic E-state index is -4.52. The van der Waals surface area contributed by atoms with Gasteiger partial charge in [-0.15, -0.1) is 0 Å². The summed E-state index contributed by atoms with van der Waals surface area (Å²) >= 11 is 0. The number of aliphatic imine (C=N–C) groups is 1. The molecule has 2 aromatic carbocycles. The number of quaternary nitrogens is 1. The standard InChI is InChI=1S/C20H13F5N3O/c1-2-14-10-26-19-18(29)17(11-3-5-12(6-4-11)20(23,24)25)27-28(14,19)16-8-7-13(21)9-15(16)22/h3-10H,2H2,1H3/q+1. The van der Waals surface area contributed by atoms with Crippen LogP contribution in [-0.4, -0.2) is 17.3 Å². The number of allylic oxidation sites excluding steroid dienone is 1. The van der Waals surface area contributed by atoms with Crippen LogP contribution >= 0.6 is 0 Å². The van der Waals surface area contributed by atoms with Crippen molar-refractivity contribution in [1.82, 2.24) is 4.59 Å².